The first kappa shape index (κ1) is 14.9. The van der Waals surface area contributed by atoms with Crippen molar-refractivity contribution < 1.29 is 9.59 Å². The van der Waals surface area contributed by atoms with E-state index in [4.69, 9.17) is 11.6 Å². The van der Waals surface area contributed by atoms with Crippen LogP contribution in [0, 0.1) is 0 Å². The summed E-state index contributed by atoms with van der Waals surface area (Å²) in [6.07, 6.45) is 4.51. The molecule has 1 heterocycles. The first-order valence-corrected chi connectivity index (χ1v) is 7.46. The fraction of sp³-hybridized carbons (Fsp3) is 0.583. The predicted octanol–water partition coefficient (Wildman–Crippen LogP) is -0.0235. The van der Waals surface area contributed by atoms with Crippen LogP contribution in [0.1, 0.15) is 41.2 Å². The van der Waals surface area contributed by atoms with Gasteiger partial charge in [-0.3, -0.25) is 19.9 Å². The molecule has 0 saturated heterocycles. The van der Waals surface area contributed by atoms with Crippen LogP contribution in [-0.2, 0) is 11.3 Å². The van der Waals surface area contributed by atoms with Crippen LogP contribution in [0.4, 0.5) is 0 Å². The molecular weight excluding hydrogens is 278 g/mol. The third kappa shape index (κ3) is 3.75. The number of nitrogens with zero attached hydrogens (tertiary/aromatic N) is 2. The Morgan fingerprint density at radius 1 is 1.45 bits per heavy atom. The fourth-order valence-electron chi connectivity index (χ4n) is 2.54. The minimum Gasteiger partial charge on any atom is -0.369 e. The van der Waals surface area contributed by atoms with Gasteiger partial charge in [-0.05, 0) is 12.8 Å². The lowest BCUT2D eigenvalue weighted by molar-refractivity contribution is -0.119. The Kier molecular flexibility index (Phi) is 5.05. The molecule has 1 aliphatic carbocycles. The van der Waals surface area contributed by atoms with Crippen LogP contribution in [-0.4, -0.2) is 34.3 Å². The lowest BCUT2D eigenvalue weighted by Crippen LogP contribution is -2.39. The van der Waals surface area contributed by atoms with E-state index < -0.39 is 5.91 Å². The maximum Gasteiger partial charge on any atom is 0.294 e. The van der Waals surface area contributed by atoms with Crippen molar-refractivity contribution in [2.24, 2.45) is 11.6 Å². The largest absolute Gasteiger partial charge is 0.369 e. The highest BCUT2D eigenvalue weighted by Crippen LogP contribution is 2.25. The van der Waals surface area contributed by atoms with Gasteiger partial charge in [0, 0.05) is 18.0 Å². The summed E-state index contributed by atoms with van der Waals surface area (Å²) in [6, 6.07) is 0.371. The average Bonchev–Trinajstić information content (AvgIpc) is 3.07. The van der Waals surface area contributed by atoms with Gasteiger partial charge in [-0.1, -0.05) is 12.8 Å². The van der Waals surface area contributed by atoms with Gasteiger partial charge >= 0.3 is 0 Å². The van der Waals surface area contributed by atoms with Crippen LogP contribution in [0.3, 0.4) is 0 Å². The summed E-state index contributed by atoms with van der Waals surface area (Å²) in [5.41, 5.74) is 8.13. The maximum atomic E-state index is 11.4. The molecule has 2 rings (SSSR count). The molecule has 0 unspecified atom stereocenters. The molecule has 1 aromatic heterocycles. The molecule has 1 aromatic rings. The summed E-state index contributed by atoms with van der Waals surface area (Å²) in [4.78, 5) is 28.9. The first-order chi connectivity index (χ1) is 9.60. The number of hydrogen-bond acceptors (Lipinski definition) is 6. The SMILES string of the molecule is NNC(=O)c1nc(CN(CC(N)=O)C2CCCC2)cs1. The van der Waals surface area contributed by atoms with Crippen LogP contribution < -0.4 is 17.0 Å². The molecule has 1 aliphatic rings. The van der Waals surface area contributed by atoms with Gasteiger partial charge in [0.15, 0.2) is 5.01 Å². The highest BCUT2D eigenvalue weighted by Gasteiger charge is 2.24. The van der Waals surface area contributed by atoms with E-state index in [1.54, 1.807) is 0 Å². The number of primary amides is 1. The zero-order valence-electron chi connectivity index (χ0n) is 11.2. The van der Waals surface area contributed by atoms with Crippen molar-refractivity contribution >= 4 is 23.2 Å². The second kappa shape index (κ2) is 6.78. The van der Waals surface area contributed by atoms with Crippen LogP contribution in [0.25, 0.3) is 0 Å². The number of hydrazine groups is 1. The van der Waals surface area contributed by atoms with E-state index in [2.05, 4.69) is 15.3 Å². The first-order valence-electron chi connectivity index (χ1n) is 6.58. The van der Waals surface area contributed by atoms with E-state index in [1.165, 1.54) is 24.2 Å². The van der Waals surface area contributed by atoms with Crippen molar-refractivity contribution in [1.82, 2.24) is 15.3 Å². The van der Waals surface area contributed by atoms with Crippen molar-refractivity contribution in [3.63, 3.8) is 0 Å². The number of amides is 2. The molecule has 0 aromatic carbocycles. The molecule has 0 radical (unpaired) electrons. The van der Waals surface area contributed by atoms with Crippen molar-refractivity contribution in [2.75, 3.05) is 6.54 Å². The third-order valence-electron chi connectivity index (χ3n) is 3.44. The Morgan fingerprint density at radius 3 is 2.75 bits per heavy atom. The number of nitrogens with two attached hydrogens (primary N) is 2. The number of hydrogen-bond donors (Lipinski definition) is 3. The second-order valence-corrected chi connectivity index (χ2v) is 5.79. The summed E-state index contributed by atoms with van der Waals surface area (Å²) in [7, 11) is 0. The highest BCUT2D eigenvalue weighted by molar-refractivity contribution is 7.11. The van der Waals surface area contributed by atoms with Crippen molar-refractivity contribution in [2.45, 2.75) is 38.3 Å². The van der Waals surface area contributed by atoms with Crippen molar-refractivity contribution in [3.8, 4) is 0 Å². The highest BCUT2D eigenvalue weighted by atomic mass is 32.1. The zero-order valence-corrected chi connectivity index (χ0v) is 12.0. The predicted molar refractivity (Wildman–Crippen MR) is 75.6 cm³/mol. The summed E-state index contributed by atoms with van der Waals surface area (Å²) < 4.78 is 0. The smallest absolute Gasteiger partial charge is 0.294 e. The number of nitrogen functional groups attached to an aromatic ring is 1. The zero-order chi connectivity index (χ0) is 14.5. The Morgan fingerprint density at radius 2 is 2.15 bits per heavy atom. The average molecular weight is 297 g/mol. The van der Waals surface area contributed by atoms with E-state index in [9.17, 15) is 9.59 Å². The fourth-order valence-corrected chi connectivity index (χ4v) is 3.25. The number of aromatic nitrogens is 1. The van der Waals surface area contributed by atoms with Crippen LogP contribution in [0.15, 0.2) is 5.38 Å². The quantitative estimate of drug-likeness (QED) is 0.388. The molecule has 0 atom stereocenters. The molecule has 110 valence electrons. The number of rotatable bonds is 6. The van der Waals surface area contributed by atoms with Gasteiger partial charge in [0.05, 0.1) is 12.2 Å². The van der Waals surface area contributed by atoms with E-state index >= 15 is 0 Å². The minimum atomic E-state index is -0.399. The molecule has 1 saturated carbocycles. The topological polar surface area (TPSA) is 114 Å². The van der Waals surface area contributed by atoms with E-state index in [1.807, 2.05) is 5.38 Å². The molecule has 7 nitrogen and oxygen atoms in total. The van der Waals surface area contributed by atoms with Gasteiger partial charge in [0.25, 0.3) is 5.91 Å². The monoisotopic (exact) mass is 297 g/mol. The van der Waals surface area contributed by atoms with E-state index in [-0.39, 0.29) is 12.5 Å². The molecule has 0 spiro atoms. The molecule has 8 heteroatoms. The molecule has 20 heavy (non-hydrogen) atoms. The van der Waals surface area contributed by atoms with Crippen molar-refractivity contribution in [3.05, 3.63) is 16.1 Å². The van der Waals surface area contributed by atoms with Gasteiger partial charge in [0.2, 0.25) is 5.91 Å². The lowest BCUT2D eigenvalue weighted by atomic mass is 10.2. The Balaban J connectivity index is 2.04. The van der Waals surface area contributed by atoms with Crippen LogP contribution in [0.2, 0.25) is 0 Å². The van der Waals surface area contributed by atoms with Crippen LogP contribution >= 0.6 is 11.3 Å². The van der Waals surface area contributed by atoms with Gasteiger partial charge in [-0.15, -0.1) is 11.3 Å². The molecule has 1 fully saturated rings. The van der Waals surface area contributed by atoms with Gasteiger partial charge < -0.3 is 5.73 Å². The number of nitrogens with one attached hydrogen (secondary N) is 1. The van der Waals surface area contributed by atoms with Gasteiger partial charge in [0.1, 0.15) is 0 Å². The molecule has 5 N–H and O–H groups in total. The van der Waals surface area contributed by atoms with Crippen LogP contribution in [0.5, 0.6) is 0 Å². The van der Waals surface area contributed by atoms with Gasteiger partial charge in [-0.2, -0.15) is 0 Å². The Labute approximate surface area is 121 Å². The molecule has 0 aliphatic heterocycles. The Hall–Kier alpha value is -1.51. The summed E-state index contributed by atoms with van der Waals surface area (Å²) in [6.45, 7) is 0.753. The lowest BCUT2D eigenvalue weighted by Gasteiger charge is -2.26. The second-order valence-electron chi connectivity index (χ2n) is 4.93. The number of thiazole rings is 1. The normalized spacial score (nSPS) is 15.7. The van der Waals surface area contributed by atoms with E-state index in [0.717, 1.165) is 18.5 Å². The third-order valence-corrected chi connectivity index (χ3v) is 4.33. The van der Waals surface area contributed by atoms with Gasteiger partial charge in [-0.25, -0.2) is 10.8 Å². The molecule has 2 amide bonds. The van der Waals surface area contributed by atoms with Crippen molar-refractivity contribution in [1.29, 1.82) is 0 Å². The maximum absolute atomic E-state index is 11.4. The minimum absolute atomic E-state index is 0.223. The van der Waals surface area contributed by atoms with E-state index in [0.29, 0.717) is 17.6 Å². The Bertz CT molecular complexity index is 484. The number of carbonyl (C=O) groups is 2. The summed E-state index contributed by atoms with van der Waals surface area (Å²) >= 11 is 1.24. The summed E-state index contributed by atoms with van der Waals surface area (Å²) in [5, 5.41) is 2.14. The molecule has 0 bridgehead atoms. The molecular formula is C12H19N5O2S. The number of carbonyl (C=O) groups excluding carboxylic acids is 2. The summed E-state index contributed by atoms with van der Waals surface area (Å²) in [5.74, 6) is 4.34. The standard InChI is InChI=1S/C12H19N5O2S/c13-10(18)6-17(9-3-1-2-4-9)5-8-7-20-12(15-8)11(19)16-14/h7,9H,1-6,14H2,(H2,13,18)(H,16,19).